The number of aromatic hydroxyl groups is 1. The lowest BCUT2D eigenvalue weighted by Gasteiger charge is -2.35. The van der Waals surface area contributed by atoms with Gasteiger partial charge in [0, 0.05) is 0 Å². The molecule has 0 radical (unpaired) electrons. The van der Waals surface area contributed by atoms with Crippen molar-refractivity contribution in [2.24, 2.45) is 5.92 Å². The van der Waals surface area contributed by atoms with E-state index in [2.05, 4.69) is 9.97 Å². The number of rotatable bonds is 4. The van der Waals surface area contributed by atoms with E-state index >= 15 is 0 Å². The quantitative estimate of drug-likeness (QED) is 0.655. The molecule has 1 aromatic rings. The smallest absolute Gasteiger partial charge is 0.413 e. The van der Waals surface area contributed by atoms with E-state index in [1.165, 1.54) is 0 Å². The number of hydrogen-bond acceptors (Lipinski definition) is 7. The first-order valence-electron chi connectivity index (χ1n) is 6.80. The van der Waals surface area contributed by atoms with E-state index in [1.54, 1.807) is 0 Å². The minimum Gasteiger partial charge on any atom is -0.503 e. The Kier molecular flexibility index (Phi) is 5.27. The Morgan fingerprint density at radius 2 is 2.04 bits per heavy atom. The van der Waals surface area contributed by atoms with E-state index < -0.39 is 34.3 Å². The number of amides is 1. The van der Waals surface area contributed by atoms with Crippen LogP contribution in [0.4, 0.5) is 10.6 Å². The summed E-state index contributed by atoms with van der Waals surface area (Å²) in [7, 11) is -3.13. The number of carboxylic acid groups (broad SMARTS) is 1. The van der Waals surface area contributed by atoms with Gasteiger partial charge < -0.3 is 15.3 Å². The van der Waals surface area contributed by atoms with Crippen LogP contribution in [-0.4, -0.2) is 64.0 Å². The molecule has 9 nitrogen and oxygen atoms in total. The standard InChI is InChI=1S/C12H16ClN3O6S/c13-11-14-5-9(18)10(15-11)16(12(19)20)8(6-17)7-1-3-23(21,22)4-2-7/h5,7-8,17-18H,1-4,6H2,(H,19,20). The van der Waals surface area contributed by atoms with Crippen molar-refractivity contribution in [3.8, 4) is 5.75 Å². The van der Waals surface area contributed by atoms with Gasteiger partial charge >= 0.3 is 6.09 Å². The molecule has 1 aliphatic heterocycles. The Labute approximate surface area is 137 Å². The highest BCUT2D eigenvalue weighted by molar-refractivity contribution is 7.91. The normalized spacial score (nSPS) is 19.2. The number of nitrogens with zero attached hydrogens (tertiary/aromatic N) is 3. The number of aromatic nitrogens is 2. The maximum atomic E-state index is 11.6. The Morgan fingerprint density at radius 3 is 2.57 bits per heavy atom. The summed E-state index contributed by atoms with van der Waals surface area (Å²) in [6.45, 7) is -0.544. The van der Waals surface area contributed by atoms with Crippen molar-refractivity contribution in [1.82, 2.24) is 9.97 Å². The molecule has 0 aliphatic carbocycles. The number of halogens is 1. The fourth-order valence-corrected chi connectivity index (χ4v) is 4.30. The summed E-state index contributed by atoms with van der Waals surface area (Å²) in [5, 5.41) is 28.7. The van der Waals surface area contributed by atoms with Gasteiger partial charge in [0.15, 0.2) is 11.6 Å². The van der Waals surface area contributed by atoms with Gasteiger partial charge in [0.25, 0.3) is 0 Å². The summed E-state index contributed by atoms with van der Waals surface area (Å²) in [4.78, 5) is 19.6. The van der Waals surface area contributed by atoms with Crippen molar-refractivity contribution in [3.63, 3.8) is 0 Å². The van der Waals surface area contributed by atoms with E-state index in [4.69, 9.17) is 11.6 Å². The molecule has 1 atom stereocenters. The van der Waals surface area contributed by atoms with Crippen molar-refractivity contribution in [2.45, 2.75) is 18.9 Å². The first-order chi connectivity index (χ1) is 10.7. The number of anilines is 1. The molecule has 1 saturated heterocycles. The number of sulfone groups is 1. The van der Waals surface area contributed by atoms with Gasteiger partial charge in [0.05, 0.1) is 30.4 Å². The molecule has 1 unspecified atom stereocenters. The molecule has 2 heterocycles. The zero-order chi connectivity index (χ0) is 17.2. The maximum Gasteiger partial charge on any atom is 0.413 e. The van der Waals surface area contributed by atoms with Crippen LogP contribution in [0.5, 0.6) is 5.75 Å². The molecule has 1 amide bonds. The summed E-state index contributed by atoms with van der Waals surface area (Å²) in [6.07, 6.45) is -0.0451. The Hall–Kier alpha value is -1.65. The molecule has 128 valence electrons. The predicted molar refractivity (Wildman–Crippen MR) is 81.5 cm³/mol. The molecule has 0 bridgehead atoms. The third kappa shape index (κ3) is 4.01. The van der Waals surface area contributed by atoms with Gasteiger partial charge in [-0.3, -0.25) is 4.90 Å². The van der Waals surface area contributed by atoms with Crippen LogP contribution < -0.4 is 4.90 Å². The number of aliphatic hydroxyl groups is 1. The number of hydrogen-bond donors (Lipinski definition) is 3. The van der Waals surface area contributed by atoms with E-state index in [1.807, 2.05) is 0 Å². The summed E-state index contributed by atoms with van der Waals surface area (Å²) in [5.41, 5.74) is 0. The summed E-state index contributed by atoms with van der Waals surface area (Å²) in [5.74, 6) is -1.37. The van der Waals surface area contributed by atoms with Crippen LogP contribution in [0.2, 0.25) is 5.28 Å². The summed E-state index contributed by atoms with van der Waals surface area (Å²) in [6, 6.07) is -0.945. The predicted octanol–water partition coefficient (Wildman–Crippen LogP) is 0.506. The van der Waals surface area contributed by atoms with Crippen LogP contribution in [0, 0.1) is 5.92 Å². The molecule has 0 saturated carbocycles. The molecule has 0 aromatic carbocycles. The Balaban J connectivity index is 2.35. The van der Waals surface area contributed by atoms with Gasteiger partial charge in [0.2, 0.25) is 5.28 Å². The van der Waals surface area contributed by atoms with Gasteiger partial charge in [-0.2, -0.15) is 4.98 Å². The molecular formula is C12H16ClN3O6S. The maximum absolute atomic E-state index is 11.6. The highest BCUT2D eigenvalue weighted by atomic mass is 35.5. The van der Waals surface area contributed by atoms with Gasteiger partial charge in [-0.1, -0.05) is 0 Å². The topological polar surface area (TPSA) is 141 Å². The average molecular weight is 366 g/mol. The minimum absolute atomic E-state index is 0.0713. The molecule has 11 heteroatoms. The van der Waals surface area contributed by atoms with Gasteiger partial charge in [-0.05, 0) is 30.4 Å². The van der Waals surface area contributed by atoms with Crippen LogP contribution in [-0.2, 0) is 9.84 Å². The number of carbonyl (C=O) groups is 1. The Bertz CT molecular complexity index is 684. The lowest BCUT2D eigenvalue weighted by Crippen LogP contribution is -2.49. The molecule has 1 fully saturated rings. The second-order valence-corrected chi connectivity index (χ2v) is 7.88. The van der Waals surface area contributed by atoms with Crippen molar-refractivity contribution in [1.29, 1.82) is 0 Å². The molecule has 1 aliphatic rings. The first kappa shape index (κ1) is 17.7. The summed E-state index contributed by atoms with van der Waals surface area (Å²) < 4.78 is 23.0. The van der Waals surface area contributed by atoms with E-state index in [-0.39, 0.29) is 41.4 Å². The molecular weight excluding hydrogens is 350 g/mol. The van der Waals surface area contributed by atoms with Crippen molar-refractivity contribution in [3.05, 3.63) is 11.5 Å². The van der Waals surface area contributed by atoms with Gasteiger partial charge in [-0.25, -0.2) is 18.2 Å². The third-order valence-electron chi connectivity index (χ3n) is 3.82. The molecule has 2 rings (SSSR count). The molecule has 23 heavy (non-hydrogen) atoms. The first-order valence-corrected chi connectivity index (χ1v) is 9.00. The van der Waals surface area contributed by atoms with E-state index in [9.17, 15) is 28.5 Å². The van der Waals surface area contributed by atoms with Crippen LogP contribution in [0.1, 0.15) is 12.8 Å². The molecule has 1 aromatic heterocycles. The SMILES string of the molecule is O=C(O)N(c1nc(Cl)ncc1O)C(CO)C1CCS(=O)(=O)CC1. The van der Waals surface area contributed by atoms with Gasteiger partial charge in [0.1, 0.15) is 9.84 Å². The monoisotopic (exact) mass is 365 g/mol. The van der Waals surface area contributed by atoms with Crippen LogP contribution >= 0.6 is 11.6 Å². The summed E-state index contributed by atoms with van der Waals surface area (Å²) >= 11 is 5.64. The fourth-order valence-electron chi connectivity index (χ4n) is 2.65. The van der Waals surface area contributed by atoms with Crippen LogP contribution in [0.3, 0.4) is 0 Å². The highest BCUT2D eigenvalue weighted by Crippen LogP contribution is 2.32. The lowest BCUT2D eigenvalue weighted by atomic mass is 9.93. The zero-order valence-corrected chi connectivity index (χ0v) is 13.5. The van der Waals surface area contributed by atoms with E-state index in [0.717, 1.165) is 6.20 Å². The largest absolute Gasteiger partial charge is 0.503 e. The number of aliphatic hydroxyl groups excluding tert-OH is 1. The van der Waals surface area contributed by atoms with Crippen molar-refractivity contribution >= 4 is 33.3 Å². The average Bonchev–Trinajstić information content (AvgIpc) is 2.48. The van der Waals surface area contributed by atoms with Crippen LogP contribution in [0.25, 0.3) is 0 Å². The minimum atomic E-state index is -3.13. The molecule has 0 spiro atoms. The molecule has 3 N–H and O–H groups in total. The van der Waals surface area contributed by atoms with E-state index in [0.29, 0.717) is 4.90 Å². The highest BCUT2D eigenvalue weighted by Gasteiger charge is 2.37. The lowest BCUT2D eigenvalue weighted by molar-refractivity contribution is 0.174. The van der Waals surface area contributed by atoms with Crippen molar-refractivity contribution < 1.29 is 28.5 Å². The Morgan fingerprint density at radius 1 is 1.43 bits per heavy atom. The van der Waals surface area contributed by atoms with Gasteiger partial charge in [-0.15, -0.1) is 0 Å². The second kappa shape index (κ2) is 6.85. The third-order valence-corrected chi connectivity index (χ3v) is 5.71. The second-order valence-electron chi connectivity index (χ2n) is 5.24. The van der Waals surface area contributed by atoms with Crippen LogP contribution in [0.15, 0.2) is 6.20 Å². The zero-order valence-electron chi connectivity index (χ0n) is 12.0. The fraction of sp³-hybridized carbons (Fsp3) is 0.583. The van der Waals surface area contributed by atoms with Crippen molar-refractivity contribution in [2.75, 3.05) is 23.0 Å².